The molecule has 0 aliphatic carbocycles. The molecule has 0 spiro atoms. The normalized spacial score (nSPS) is 15.5. The van der Waals surface area contributed by atoms with Crippen molar-refractivity contribution < 1.29 is 4.52 Å². The van der Waals surface area contributed by atoms with E-state index in [4.69, 9.17) is 4.52 Å². The number of rotatable bonds is 6. The molecule has 0 bridgehead atoms. The second kappa shape index (κ2) is 8.10. The van der Waals surface area contributed by atoms with Gasteiger partial charge in [-0.25, -0.2) is 0 Å². The van der Waals surface area contributed by atoms with E-state index < -0.39 is 0 Å². The van der Waals surface area contributed by atoms with Crippen molar-refractivity contribution in [2.24, 2.45) is 5.92 Å². The highest BCUT2D eigenvalue weighted by Crippen LogP contribution is 2.31. The quantitative estimate of drug-likeness (QED) is 0.702. The van der Waals surface area contributed by atoms with Crippen LogP contribution in [0.2, 0.25) is 0 Å². The lowest BCUT2D eigenvalue weighted by Gasteiger charge is -2.36. The molecule has 148 valence electrons. The zero-order valence-electron chi connectivity index (χ0n) is 16.7. The van der Waals surface area contributed by atoms with E-state index in [1.54, 1.807) is 0 Å². The minimum absolute atomic E-state index is 0.617. The number of hydrogen-bond donors (Lipinski definition) is 1. The monoisotopic (exact) mass is 381 g/mol. The van der Waals surface area contributed by atoms with Crippen LogP contribution in [0.1, 0.15) is 30.9 Å². The number of hydrogen-bond acceptors (Lipinski definition) is 7. The molecular formula is C20H27N7O. The number of aromatic amines is 1. The fourth-order valence-electron chi connectivity index (χ4n) is 3.76. The van der Waals surface area contributed by atoms with E-state index in [0.29, 0.717) is 11.7 Å². The summed E-state index contributed by atoms with van der Waals surface area (Å²) in [5, 5.41) is 18.7. The van der Waals surface area contributed by atoms with Crippen LogP contribution in [0.3, 0.4) is 0 Å². The van der Waals surface area contributed by atoms with Crippen molar-refractivity contribution in [3.05, 3.63) is 41.3 Å². The maximum absolute atomic E-state index is 5.37. The molecule has 1 aliphatic heterocycles. The molecule has 1 saturated heterocycles. The summed E-state index contributed by atoms with van der Waals surface area (Å²) in [6.45, 7) is 11.1. The third-order valence-electron chi connectivity index (χ3n) is 5.06. The topological polar surface area (TPSA) is 87.0 Å². The van der Waals surface area contributed by atoms with E-state index in [-0.39, 0.29) is 0 Å². The van der Waals surface area contributed by atoms with Gasteiger partial charge in [-0.05, 0) is 42.2 Å². The first kappa shape index (κ1) is 18.6. The zero-order chi connectivity index (χ0) is 19.5. The van der Waals surface area contributed by atoms with Crippen molar-refractivity contribution in [2.45, 2.75) is 33.7 Å². The summed E-state index contributed by atoms with van der Waals surface area (Å²) < 4.78 is 5.37. The first-order valence-corrected chi connectivity index (χ1v) is 9.84. The van der Waals surface area contributed by atoms with Gasteiger partial charge < -0.3 is 9.42 Å². The number of piperazine rings is 1. The Morgan fingerprint density at radius 2 is 1.96 bits per heavy atom. The third-order valence-corrected chi connectivity index (χ3v) is 5.06. The van der Waals surface area contributed by atoms with Gasteiger partial charge in [0, 0.05) is 43.5 Å². The Kier molecular flexibility index (Phi) is 5.38. The van der Waals surface area contributed by atoms with Crippen LogP contribution in [-0.4, -0.2) is 56.9 Å². The Balaban J connectivity index is 1.51. The number of aromatic nitrogens is 5. The lowest BCUT2D eigenvalue weighted by atomic mass is 9.99. The number of nitrogens with one attached hydrogen (secondary N) is 1. The van der Waals surface area contributed by atoms with Crippen LogP contribution in [0.4, 0.5) is 5.69 Å². The van der Waals surface area contributed by atoms with Crippen molar-refractivity contribution in [2.75, 3.05) is 31.1 Å². The number of tetrazole rings is 1. The van der Waals surface area contributed by atoms with Crippen molar-refractivity contribution in [3.63, 3.8) is 0 Å². The van der Waals surface area contributed by atoms with Crippen LogP contribution >= 0.6 is 0 Å². The van der Waals surface area contributed by atoms with E-state index >= 15 is 0 Å². The van der Waals surface area contributed by atoms with E-state index in [1.165, 1.54) is 11.3 Å². The largest absolute Gasteiger partial charge is 0.368 e. The molecule has 1 N–H and O–H groups in total. The SMILES string of the molecule is Cc1cc(CN2CCN(c3cc(CC(C)C)ccc3-c3nn[nH]n3)CC2)on1. The van der Waals surface area contributed by atoms with E-state index in [9.17, 15) is 0 Å². The Morgan fingerprint density at radius 1 is 1.14 bits per heavy atom. The number of H-pyrrole nitrogens is 1. The van der Waals surface area contributed by atoms with Gasteiger partial charge in [0.1, 0.15) is 0 Å². The maximum Gasteiger partial charge on any atom is 0.206 e. The van der Waals surface area contributed by atoms with Gasteiger partial charge in [0.2, 0.25) is 5.82 Å². The van der Waals surface area contributed by atoms with Crippen LogP contribution < -0.4 is 4.90 Å². The van der Waals surface area contributed by atoms with Gasteiger partial charge in [0.05, 0.1) is 12.2 Å². The number of anilines is 1. The molecule has 28 heavy (non-hydrogen) atoms. The fourth-order valence-corrected chi connectivity index (χ4v) is 3.76. The number of nitrogens with zero attached hydrogens (tertiary/aromatic N) is 6. The van der Waals surface area contributed by atoms with Crippen LogP contribution in [-0.2, 0) is 13.0 Å². The molecule has 1 aliphatic rings. The molecule has 8 nitrogen and oxygen atoms in total. The first-order chi connectivity index (χ1) is 13.6. The minimum Gasteiger partial charge on any atom is -0.368 e. The smallest absolute Gasteiger partial charge is 0.206 e. The number of benzene rings is 1. The molecule has 2 aromatic heterocycles. The Morgan fingerprint density at radius 3 is 2.61 bits per heavy atom. The molecule has 3 heterocycles. The minimum atomic E-state index is 0.617. The summed E-state index contributed by atoms with van der Waals surface area (Å²) in [6.07, 6.45) is 1.06. The average molecular weight is 381 g/mol. The van der Waals surface area contributed by atoms with Crippen LogP contribution in [0.15, 0.2) is 28.8 Å². The highest BCUT2D eigenvalue weighted by atomic mass is 16.5. The second-order valence-electron chi connectivity index (χ2n) is 7.88. The van der Waals surface area contributed by atoms with Crippen LogP contribution in [0.5, 0.6) is 0 Å². The highest BCUT2D eigenvalue weighted by Gasteiger charge is 2.22. The standard InChI is InChI=1S/C20H27N7O/c1-14(2)10-16-4-5-18(20-21-24-25-22-20)19(12-16)27-8-6-26(7-9-27)13-17-11-15(3)23-28-17/h4-5,11-12,14H,6-10,13H2,1-3H3,(H,21,22,24,25). The van der Waals surface area contributed by atoms with Gasteiger partial charge in [0.15, 0.2) is 5.76 Å². The molecule has 8 heteroatoms. The summed E-state index contributed by atoms with van der Waals surface area (Å²) in [7, 11) is 0. The second-order valence-corrected chi connectivity index (χ2v) is 7.88. The molecule has 4 rings (SSSR count). The summed E-state index contributed by atoms with van der Waals surface area (Å²) in [5.41, 5.74) is 4.49. The summed E-state index contributed by atoms with van der Waals surface area (Å²) in [4.78, 5) is 4.83. The highest BCUT2D eigenvalue weighted by molar-refractivity contribution is 5.75. The summed E-state index contributed by atoms with van der Waals surface area (Å²) in [5.74, 6) is 2.19. The summed E-state index contributed by atoms with van der Waals surface area (Å²) >= 11 is 0. The van der Waals surface area contributed by atoms with Gasteiger partial charge in [-0.1, -0.05) is 25.1 Å². The van der Waals surface area contributed by atoms with Gasteiger partial charge in [0.25, 0.3) is 0 Å². The fraction of sp³-hybridized carbons (Fsp3) is 0.500. The van der Waals surface area contributed by atoms with Gasteiger partial charge in [-0.15, -0.1) is 10.2 Å². The van der Waals surface area contributed by atoms with E-state index in [0.717, 1.165) is 56.2 Å². The third kappa shape index (κ3) is 4.22. The molecule has 1 fully saturated rings. The van der Waals surface area contributed by atoms with Gasteiger partial charge in [-0.2, -0.15) is 5.21 Å². The van der Waals surface area contributed by atoms with Crippen LogP contribution in [0.25, 0.3) is 11.4 Å². The Bertz CT molecular complexity index is 895. The Labute approximate surface area is 164 Å². The molecule has 0 atom stereocenters. The van der Waals surface area contributed by atoms with E-state index in [1.807, 2.05) is 13.0 Å². The lowest BCUT2D eigenvalue weighted by molar-refractivity contribution is 0.219. The molecule has 0 saturated carbocycles. The molecular weight excluding hydrogens is 354 g/mol. The predicted octanol–water partition coefficient (Wildman–Crippen LogP) is 2.68. The maximum atomic E-state index is 5.37. The molecule has 1 aromatic carbocycles. The van der Waals surface area contributed by atoms with Gasteiger partial charge >= 0.3 is 0 Å². The van der Waals surface area contributed by atoms with Crippen LogP contribution in [0, 0.1) is 12.8 Å². The van der Waals surface area contributed by atoms with Crippen molar-refractivity contribution >= 4 is 5.69 Å². The van der Waals surface area contributed by atoms with Crippen molar-refractivity contribution in [3.8, 4) is 11.4 Å². The molecule has 0 amide bonds. The molecule has 3 aromatic rings. The van der Waals surface area contributed by atoms with Gasteiger partial charge in [-0.3, -0.25) is 4.90 Å². The average Bonchev–Trinajstić information content (AvgIpc) is 3.34. The van der Waals surface area contributed by atoms with Crippen molar-refractivity contribution in [1.29, 1.82) is 0 Å². The first-order valence-electron chi connectivity index (χ1n) is 9.84. The summed E-state index contributed by atoms with van der Waals surface area (Å²) in [6, 6.07) is 8.61. The lowest BCUT2D eigenvalue weighted by Crippen LogP contribution is -2.46. The van der Waals surface area contributed by atoms with Crippen molar-refractivity contribution in [1.82, 2.24) is 30.7 Å². The van der Waals surface area contributed by atoms with E-state index in [2.05, 4.69) is 67.6 Å². The molecule has 0 radical (unpaired) electrons. The number of aryl methyl sites for hydroxylation is 1. The predicted molar refractivity (Wildman–Crippen MR) is 107 cm³/mol. The Hall–Kier alpha value is -2.74. The molecule has 0 unspecified atom stereocenters. The zero-order valence-corrected chi connectivity index (χ0v) is 16.7.